The summed E-state index contributed by atoms with van der Waals surface area (Å²) in [5, 5.41) is 14.7. The van der Waals surface area contributed by atoms with Crippen LogP contribution in [0.1, 0.15) is 16.3 Å². The molecule has 0 radical (unpaired) electrons. The number of nitrogens with one attached hydrogen (secondary N) is 1. The third-order valence-corrected chi connectivity index (χ3v) is 3.28. The summed E-state index contributed by atoms with van der Waals surface area (Å²) in [6, 6.07) is 10.1. The van der Waals surface area contributed by atoms with Crippen molar-refractivity contribution in [2.24, 2.45) is 0 Å². The molecule has 1 aromatic heterocycles. The smallest absolute Gasteiger partial charge is 0.309 e. The van der Waals surface area contributed by atoms with Crippen molar-refractivity contribution in [2.45, 2.75) is 19.5 Å². The highest BCUT2D eigenvalue weighted by Crippen LogP contribution is 2.10. The minimum Gasteiger partial charge on any atom is -0.481 e. The molecule has 0 aliphatic rings. The van der Waals surface area contributed by atoms with Gasteiger partial charge in [-0.25, -0.2) is 4.98 Å². The Morgan fingerprint density at radius 2 is 2.06 bits per heavy atom. The number of aliphatic carboxylic acids is 1. The standard InChI is InChI=1S/C13H14N2O2S/c16-13(17)6-11-9-18-12(15-11)8-14-7-10-4-2-1-3-5-10/h1-5,9,14H,6-8H2,(H,16,17). The van der Waals surface area contributed by atoms with E-state index in [4.69, 9.17) is 5.11 Å². The fourth-order valence-corrected chi connectivity index (χ4v) is 2.34. The molecule has 2 N–H and O–H groups in total. The average Bonchev–Trinajstić information content (AvgIpc) is 2.77. The highest BCUT2D eigenvalue weighted by molar-refractivity contribution is 7.09. The minimum atomic E-state index is -0.843. The molecule has 0 aliphatic heterocycles. The van der Waals surface area contributed by atoms with Crippen LogP contribution in [0.3, 0.4) is 0 Å². The van der Waals surface area contributed by atoms with Gasteiger partial charge in [-0.05, 0) is 5.56 Å². The molecule has 0 saturated heterocycles. The van der Waals surface area contributed by atoms with Crippen LogP contribution >= 0.6 is 11.3 Å². The van der Waals surface area contributed by atoms with Crippen LogP contribution in [-0.2, 0) is 24.3 Å². The van der Waals surface area contributed by atoms with Crippen LogP contribution in [0.2, 0.25) is 0 Å². The van der Waals surface area contributed by atoms with Crippen molar-refractivity contribution in [1.82, 2.24) is 10.3 Å². The van der Waals surface area contributed by atoms with Gasteiger partial charge < -0.3 is 10.4 Å². The molecule has 0 saturated carbocycles. The van der Waals surface area contributed by atoms with Crippen LogP contribution in [0.15, 0.2) is 35.7 Å². The topological polar surface area (TPSA) is 62.2 Å². The largest absolute Gasteiger partial charge is 0.481 e. The third kappa shape index (κ3) is 3.94. The lowest BCUT2D eigenvalue weighted by Gasteiger charge is -2.02. The highest BCUT2D eigenvalue weighted by Gasteiger charge is 2.05. The molecule has 0 atom stereocenters. The number of carbonyl (C=O) groups is 1. The summed E-state index contributed by atoms with van der Waals surface area (Å²) in [5.74, 6) is -0.843. The maximum atomic E-state index is 10.5. The molecule has 0 aliphatic carbocycles. The van der Waals surface area contributed by atoms with Crippen LogP contribution in [0.4, 0.5) is 0 Å². The Labute approximate surface area is 109 Å². The van der Waals surface area contributed by atoms with E-state index in [0.717, 1.165) is 11.6 Å². The van der Waals surface area contributed by atoms with Gasteiger partial charge in [-0.2, -0.15) is 0 Å². The first-order valence-corrected chi connectivity index (χ1v) is 6.52. The van der Waals surface area contributed by atoms with Crippen molar-refractivity contribution in [1.29, 1.82) is 0 Å². The van der Waals surface area contributed by atoms with Crippen LogP contribution in [0.5, 0.6) is 0 Å². The number of carboxylic acids is 1. The Bertz CT molecular complexity index is 511. The van der Waals surface area contributed by atoms with E-state index in [0.29, 0.717) is 12.2 Å². The van der Waals surface area contributed by atoms with E-state index in [1.165, 1.54) is 16.9 Å². The van der Waals surface area contributed by atoms with E-state index in [2.05, 4.69) is 22.4 Å². The molecule has 1 heterocycles. The van der Waals surface area contributed by atoms with Gasteiger partial charge in [0.15, 0.2) is 0 Å². The lowest BCUT2D eigenvalue weighted by atomic mass is 10.2. The van der Waals surface area contributed by atoms with Gasteiger partial charge in [-0.3, -0.25) is 4.79 Å². The van der Waals surface area contributed by atoms with Crippen molar-refractivity contribution in [3.8, 4) is 0 Å². The summed E-state index contributed by atoms with van der Waals surface area (Å²) in [6.07, 6.45) is -0.00478. The number of hydrogen-bond acceptors (Lipinski definition) is 4. The Hall–Kier alpha value is -1.72. The van der Waals surface area contributed by atoms with E-state index in [1.54, 1.807) is 5.38 Å². The Morgan fingerprint density at radius 3 is 2.78 bits per heavy atom. The molecule has 5 heteroatoms. The van der Waals surface area contributed by atoms with Crippen molar-refractivity contribution in [3.63, 3.8) is 0 Å². The van der Waals surface area contributed by atoms with Gasteiger partial charge in [-0.1, -0.05) is 30.3 Å². The fraction of sp³-hybridized carbons (Fsp3) is 0.231. The molecule has 0 unspecified atom stereocenters. The van der Waals surface area contributed by atoms with Crippen LogP contribution < -0.4 is 5.32 Å². The van der Waals surface area contributed by atoms with Crippen LogP contribution in [0, 0.1) is 0 Å². The third-order valence-electron chi connectivity index (χ3n) is 2.38. The summed E-state index contributed by atoms with van der Waals surface area (Å²) in [4.78, 5) is 14.8. The molecule has 94 valence electrons. The molecule has 18 heavy (non-hydrogen) atoms. The van der Waals surface area contributed by atoms with Crippen molar-refractivity contribution < 1.29 is 9.90 Å². The predicted molar refractivity (Wildman–Crippen MR) is 70.4 cm³/mol. The number of nitrogens with zero attached hydrogens (tertiary/aromatic N) is 1. The van der Waals surface area contributed by atoms with E-state index in [9.17, 15) is 4.79 Å². The number of hydrogen-bond donors (Lipinski definition) is 2. The van der Waals surface area contributed by atoms with E-state index in [-0.39, 0.29) is 6.42 Å². The molecule has 1 aromatic carbocycles. The van der Waals surface area contributed by atoms with Gasteiger partial charge in [0.2, 0.25) is 0 Å². The van der Waals surface area contributed by atoms with Crippen molar-refractivity contribution >= 4 is 17.3 Å². The van der Waals surface area contributed by atoms with E-state index in [1.807, 2.05) is 18.2 Å². The van der Waals surface area contributed by atoms with Gasteiger partial charge in [0.1, 0.15) is 5.01 Å². The zero-order valence-corrected chi connectivity index (χ0v) is 10.6. The molecule has 2 rings (SSSR count). The van der Waals surface area contributed by atoms with E-state index < -0.39 is 5.97 Å². The SMILES string of the molecule is O=C(O)Cc1csc(CNCc2ccccc2)n1. The molecule has 0 bridgehead atoms. The average molecular weight is 262 g/mol. The van der Waals surface area contributed by atoms with Crippen molar-refractivity contribution in [2.75, 3.05) is 0 Å². The summed E-state index contributed by atoms with van der Waals surface area (Å²) in [5.41, 5.74) is 1.85. The fourth-order valence-electron chi connectivity index (χ4n) is 1.58. The second kappa shape index (κ2) is 6.28. The summed E-state index contributed by atoms with van der Waals surface area (Å²) < 4.78 is 0. The quantitative estimate of drug-likeness (QED) is 0.836. The van der Waals surface area contributed by atoms with Crippen LogP contribution in [0.25, 0.3) is 0 Å². The van der Waals surface area contributed by atoms with Crippen LogP contribution in [-0.4, -0.2) is 16.1 Å². The Balaban J connectivity index is 1.80. The lowest BCUT2D eigenvalue weighted by molar-refractivity contribution is -0.136. The first-order chi connectivity index (χ1) is 8.74. The zero-order chi connectivity index (χ0) is 12.8. The number of aromatic nitrogens is 1. The Kier molecular flexibility index (Phi) is 4.44. The first kappa shape index (κ1) is 12.7. The van der Waals surface area contributed by atoms with Crippen molar-refractivity contribution in [3.05, 3.63) is 52.0 Å². The summed E-state index contributed by atoms with van der Waals surface area (Å²) in [6.45, 7) is 1.45. The highest BCUT2D eigenvalue weighted by atomic mass is 32.1. The van der Waals surface area contributed by atoms with Gasteiger partial charge in [0.25, 0.3) is 0 Å². The molecule has 4 nitrogen and oxygen atoms in total. The van der Waals surface area contributed by atoms with Gasteiger partial charge in [0.05, 0.1) is 12.1 Å². The van der Waals surface area contributed by atoms with Gasteiger partial charge in [-0.15, -0.1) is 11.3 Å². The van der Waals surface area contributed by atoms with E-state index >= 15 is 0 Å². The maximum Gasteiger partial charge on any atom is 0.309 e. The maximum absolute atomic E-state index is 10.5. The summed E-state index contributed by atoms with van der Waals surface area (Å²) in [7, 11) is 0. The zero-order valence-electron chi connectivity index (χ0n) is 9.80. The van der Waals surface area contributed by atoms with Gasteiger partial charge in [0, 0.05) is 18.5 Å². The lowest BCUT2D eigenvalue weighted by Crippen LogP contribution is -2.12. The molecule has 0 spiro atoms. The number of benzene rings is 1. The second-order valence-electron chi connectivity index (χ2n) is 3.89. The molecule has 0 fully saturated rings. The minimum absolute atomic E-state index is 0.00478. The predicted octanol–water partition coefficient (Wildman–Crippen LogP) is 2.06. The number of carboxylic acid groups (broad SMARTS) is 1. The molecule has 0 amide bonds. The molecular formula is C13H14N2O2S. The van der Waals surface area contributed by atoms with Gasteiger partial charge >= 0.3 is 5.97 Å². The Morgan fingerprint density at radius 1 is 1.28 bits per heavy atom. The monoisotopic (exact) mass is 262 g/mol. The molecule has 2 aromatic rings. The number of rotatable bonds is 6. The number of thiazole rings is 1. The molecular weight excluding hydrogens is 248 g/mol. The first-order valence-electron chi connectivity index (χ1n) is 5.64. The summed E-state index contributed by atoms with van der Waals surface area (Å²) >= 11 is 1.49. The second-order valence-corrected chi connectivity index (χ2v) is 4.83. The normalized spacial score (nSPS) is 10.4.